The maximum absolute atomic E-state index is 11.8. The van der Waals surface area contributed by atoms with E-state index < -0.39 is 0 Å². The Hall–Kier alpha value is -2.02. The monoisotopic (exact) mass is 366 g/mol. The Balaban J connectivity index is 2.36. The van der Waals surface area contributed by atoms with E-state index >= 15 is 0 Å². The minimum absolute atomic E-state index is 0.00455. The molecule has 7 heteroatoms. The maximum Gasteiger partial charge on any atom is 0.230 e. The Morgan fingerprint density at radius 3 is 2.44 bits per heavy atom. The molecule has 1 aromatic rings. The summed E-state index contributed by atoms with van der Waals surface area (Å²) in [6.45, 7) is 5.98. The normalized spacial score (nSPS) is 10.4. The Bertz CT molecular complexity index is 617. The molecule has 0 aliphatic heterocycles. The summed E-state index contributed by atoms with van der Waals surface area (Å²) in [4.78, 5) is 34.7. The lowest BCUT2D eigenvalue weighted by molar-refractivity contribution is -0.124. The molecular weight excluding hydrogens is 340 g/mol. The third-order valence-electron chi connectivity index (χ3n) is 3.45. The van der Waals surface area contributed by atoms with E-state index in [0.717, 1.165) is 5.56 Å². The van der Waals surface area contributed by atoms with Gasteiger partial charge in [0.1, 0.15) is 5.75 Å². The summed E-state index contributed by atoms with van der Waals surface area (Å²) in [5.41, 5.74) is 1.51. The molecule has 138 valence electrons. The van der Waals surface area contributed by atoms with Crippen LogP contribution in [0.2, 0.25) is 0 Å². The van der Waals surface area contributed by atoms with E-state index in [9.17, 15) is 14.4 Å². The summed E-state index contributed by atoms with van der Waals surface area (Å²) in [5, 5.41) is 5.50. The Morgan fingerprint density at radius 2 is 1.84 bits per heavy atom. The summed E-state index contributed by atoms with van der Waals surface area (Å²) in [7, 11) is 1.58. The highest BCUT2D eigenvalue weighted by Crippen LogP contribution is 2.24. The van der Waals surface area contributed by atoms with Gasteiger partial charge in [-0.2, -0.15) is 0 Å². The van der Waals surface area contributed by atoms with E-state index in [4.69, 9.17) is 4.74 Å². The third kappa shape index (κ3) is 7.60. The molecular formula is C18H26N2O4S. The van der Waals surface area contributed by atoms with Crippen LogP contribution >= 0.6 is 11.8 Å². The number of rotatable bonds is 10. The van der Waals surface area contributed by atoms with Gasteiger partial charge < -0.3 is 15.4 Å². The van der Waals surface area contributed by atoms with E-state index in [2.05, 4.69) is 10.6 Å². The first kappa shape index (κ1) is 21.0. The highest BCUT2D eigenvalue weighted by molar-refractivity contribution is 7.99. The fourth-order valence-electron chi connectivity index (χ4n) is 2.01. The average Bonchev–Trinajstić information content (AvgIpc) is 2.58. The zero-order valence-corrected chi connectivity index (χ0v) is 16.0. The lowest BCUT2D eigenvalue weighted by atomic mass is 10.1. The number of thioether (sulfide) groups is 1. The van der Waals surface area contributed by atoms with Crippen molar-refractivity contribution in [3.63, 3.8) is 0 Å². The summed E-state index contributed by atoms with van der Waals surface area (Å²) in [6.07, 6.45) is 0. The Labute approximate surface area is 153 Å². The molecule has 0 saturated heterocycles. The van der Waals surface area contributed by atoms with Crippen LogP contribution in [0.4, 0.5) is 0 Å². The first-order chi connectivity index (χ1) is 11.8. The molecule has 0 spiro atoms. The number of ketones is 1. The number of carbonyl (C=O) groups is 3. The van der Waals surface area contributed by atoms with Crippen molar-refractivity contribution in [2.45, 2.75) is 26.5 Å². The lowest BCUT2D eigenvalue weighted by Gasteiger charge is -2.10. The minimum Gasteiger partial charge on any atom is -0.496 e. The van der Waals surface area contributed by atoms with Gasteiger partial charge in [-0.05, 0) is 25.1 Å². The summed E-state index contributed by atoms with van der Waals surface area (Å²) in [6, 6.07) is 5.30. The van der Waals surface area contributed by atoms with Crippen LogP contribution in [0.3, 0.4) is 0 Å². The highest BCUT2D eigenvalue weighted by Gasteiger charge is 2.09. The number of hydrogen-bond donors (Lipinski definition) is 2. The number of carbonyl (C=O) groups excluding carboxylic acids is 3. The van der Waals surface area contributed by atoms with Crippen LogP contribution in [-0.4, -0.2) is 43.5 Å². The Kier molecular flexibility index (Phi) is 9.05. The third-order valence-corrected chi connectivity index (χ3v) is 4.43. The van der Waals surface area contributed by atoms with Gasteiger partial charge in [-0.1, -0.05) is 13.8 Å². The fraction of sp³-hybridized carbons (Fsp3) is 0.500. The van der Waals surface area contributed by atoms with E-state index in [1.807, 2.05) is 13.8 Å². The lowest BCUT2D eigenvalue weighted by Crippen LogP contribution is -2.36. The molecule has 0 aromatic heterocycles. The second-order valence-corrected chi connectivity index (χ2v) is 6.86. The Morgan fingerprint density at radius 1 is 1.16 bits per heavy atom. The van der Waals surface area contributed by atoms with E-state index in [-0.39, 0.29) is 23.5 Å². The van der Waals surface area contributed by atoms with Crippen molar-refractivity contribution >= 4 is 29.4 Å². The zero-order chi connectivity index (χ0) is 18.8. The number of amides is 2. The molecule has 0 atom stereocenters. The first-order valence-electron chi connectivity index (χ1n) is 8.15. The molecule has 25 heavy (non-hydrogen) atoms. The maximum atomic E-state index is 11.8. The second-order valence-electron chi connectivity index (χ2n) is 5.87. The predicted molar refractivity (Wildman–Crippen MR) is 100 cm³/mol. The van der Waals surface area contributed by atoms with Crippen molar-refractivity contribution in [3.05, 3.63) is 29.3 Å². The molecule has 2 amide bonds. The van der Waals surface area contributed by atoms with Crippen LogP contribution in [0.15, 0.2) is 18.2 Å². The van der Waals surface area contributed by atoms with Gasteiger partial charge in [-0.25, -0.2) is 0 Å². The van der Waals surface area contributed by atoms with Gasteiger partial charge in [-0.15, -0.1) is 11.8 Å². The zero-order valence-electron chi connectivity index (χ0n) is 15.2. The number of hydrogen-bond acceptors (Lipinski definition) is 5. The van der Waals surface area contributed by atoms with Crippen LogP contribution in [0.1, 0.15) is 36.7 Å². The van der Waals surface area contributed by atoms with E-state index in [1.165, 1.54) is 18.7 Å². The quantitative estimate of drug-likeness (QED) is 0.489. The molecule has 0 aliphatic carbocycles. The van der Waals surface area contributed by atoms with Gasteiger partial charge in [0.05, 0.1) is 12.9 Å². The van der Waals surface area contributed by atoms with Gasteiger partial charge in [0.25, 0.3) is 0 Å². The molecule has 0 heterocycles. The number of benzene rings is 1. The molecule has 2 N–H and O–H groups in total. The number of nitrogens with one attached hydrogen (secondary N) is 2. The smallest absolute Gasteiger partial charge is 0.230 e. The fourth-order valence-corrected chi connectivity index (χ4v) is 2.84. The molecule has 6 nitrogen and oxygen atoms in total. The summed E-state index contributed by atoms with van der Waals surface area (Å²) >= 11 is 1.44. The van der Waals surface area contributed by atoms with Crippen LogP contribution in [0, 0.1) is 5.92 Å². The first-order valence-corrected chi connectivity index (χ1v) is 9.30. The molecule has 0 bridgehead atoms. The molecule has 0 unspecified atom stereocenters. The average molecular weight is 366 g/mol. The topological polar surface area (TPSA) is 84.5 Å². The minimum atomic E-state index is -0.0921. The highest BCUT2D eigenvalue weighted by atomic mass is 32.2. The van der Waals surface area contributed by atoms with Gasteiger partial charge in [0, 0.05) is 35.9 Å². The molecule has 1 rings (SSSR count). The van der Waals surface area contributed by atoms with Gasteiger partial charge >= 0.3 is 0 Å². The van der Waals surface area contributed by atoms with Crippen LogP contribution in [-0.2, 0) is 15.3 Å². The van der Waals surface area contributed by atoms with Gasteiger partial charge in [-0.3, -0.25) is 14.4 Å². The largest absolute Gasteiger partial charge is 0.496 e. The molecule has 1 aromatic carbocycles. The number of ether oxygens (including phenoxy) is 1. The predicted octanol–water partition coefficient (Wildman–Crippen LogP) is 2.02. The van der Waals surface area contributed by atoms with Crippen molar-refractivity contribution in [1.82, 2.24) is 10.6 Å². The van der Waals surface area contributed by atoms with Crippen LogP contribution in [0.25, 0.3) is 0 Å². The van der Waals surface area contributed by atoms with Crippen molar-refractivity contribution in [2.24, 2.45) is 5.92 Å². The molecule has 0 saturated carbocycles. The number of methoxy groups -OCH3 is 1. The summed E-state index contributed by atoms with van der Waals surface area (Å²) < 4.78 is 5.29. The van der Waals surface area contributed by atoms with Crippen molar-refractivity contribution in [1.29, 1.82) is 0 Å². The molecule has 0 radical (unpaired) electrons. The van der Waals surface area contributed by atoms with Gasteiger partial charge in [0.2, 0.25) is 11.8 Å². The van der Waals surface area contributed by atoms with E-state index in [1.54, 1.807) is 25.3 Å². The van der Waals surface area contributed by atoms with Crippen molar-refractivity contribution < 1.29 is 19.1 Å². The SMILES string of the molecule is COc1ccc(C(C)=O)cc1CSCC(=O)NCCNC(=O)C(C)C. The standard InChI is InChI=1S/C18H26N2O4S/c1-12(2)18(23)20-8-7-19-17(22)11-25-10-15-9-14(13(3)21)5-6-16(15)24-4/h5-6,9,12H,7-8,10-11H2,1-4H3,(H,19,22)(H,20,23). The van der Waals surface area contributed by atoms with Crippen LogP contribution in [0.5, 0.6) is 5.75 Å². The molecule has 0 aliphatic rings. The summed E-state index contributed by atoms with van der Waals surface area (Å²) in [5.74, 6) is 1.39. The molecule has 0 fully saturated rings. The van der Waals surface area contributed by atoms with Gasteiger partial charge in [0.15, 0.2) is 5.78 Å². The second kappa shape index (κ2) is 10.8. The van der Waals surface area contributed by atoms with Crippen LogP contribution < -0.4 is 15.4 Å². The van der Waals surface area contributed by atoms with Crippen molar-refractivity contribution in [3.8, 4) is 5.75 Å². The van der Waals surface area contributed by atoms with E-state index in [0.29, 0.717) is 35.9 Å². The number of Topliss-reactive ketones (excluding diaryl/α,β-unsaturated/α-hetero) is 1. The van der Waals surface area contributed by atoms with Crippen molar-refractivity contribution in [2.75, 3.05) is 26.0 Å².